The Morgan fingerprint density at radius 2 is 1.56 bits per heavy atom. The molecule has 10 nitrogen and oxygen atoms in total. The van der Waals surface area contributed by atoms with E-state index in [-0.39, 0.29) is 16.9 Å². The average molecular weight is 476 g/mol. The zero-order chi connectivity index (χ0) is 24.6. The second-order valence-electron chi connectivity index (χ2n) is 7.16. The monoisotopic (exact) mass is 476 g/mol. The summed E-state index contributed by atoms with van der Waals surface area (Å²) < 4.78 is 29.4. The Balaban J connectivity index is 2.13. The van der Waals surface area contributed by atoms with E-state index in [2.05, 4.69) is 32.8 Å². The standard InChI is InChI=1S/C23H16N4O6S/c1-12-14-6-3-4-7-15(14)13(2)20-16(12)10-11-19(34(31,32)33-24)22(20)26-25-18-9-5-8-17(23(28)29)21(18)27-30/h3-11H,1-2,24H2,(H,28,29). The largest absolute Gasteiger partial charge is 0.478 e. The molecule has 0 atom stereocenters. The first kappa shape index (κ1) is 22.9. The molecule has 4 aromatic carbocycles. The number of nitrogens with zero attached hydrogens (tertiary/aromatic N) is 3. The lowest BCUT2D eigenvalue weighted by atomic mass is 9.98. The molecule has 4 rings (SSSR count). The number of hydrogen-bond donors (Lipinski definition) is 2. The summed E-state index contributed by atoms with van der Waals surface area (Å²) in [4.78, 5) is 22.3. The SMILES string of the molecule is C=c1c2ccccc2c(=C)c2c(N=Nc3cccc(C(=O)O)c3N=O)c(S(=O)(=O)ON)ccc12. The maximum atomic E-state index is 12.6. The van der Waals surface area contributed by atoms with Gasteiger partial charge >= 0.3 is 16.1 Å². The maximum Gasteiger partial charge on any atom is 0.338 e. The van der Waals surface area contributed by atoms with Crippen LogP contribution in [0, 0.1) is 4.91 Å². The van der Waals surface area contributed by atoms with Crippen LogP contribution >= 0.6 is 0 Å². The second-order valence-corrected chi connectivity index (χ2v) is 8.70. The van der Waals surface area contributed by atoms with Crippen molar-refractivity contribution in [2.75, 3.05) is 0 Å². The highest BCUT2D eigenvalue weighted by atomic mass is 32.2. The van der Waals surface area contributed by atoms with Crippen LogP contribution in [0.25, 0.3) is 34.7 Å². The summed E-state index contributed by atoms with van der Waals surface area (Å²) in [6.45, 7) is 8.23. The Morgan fingerprint density at radius 3 is 2.18 bits per heavy atom. The molecule has 11 heteroatoms. The molecule has 0 amide bonds. The van der Waals surface area contributed by atoms with Gasteiger partial charge in [0.1, 0.15) is 22.0 Å². The minimum absolute atomic E-state index is 0.166. The van der Waals surface area contributed by atoms with E-state index in [1.54, 1.807) is 12.1 Å². The molecule has 0 saturated carbocycles. The lowest BCUT2D eigenvalue weighted by molar-refractivity contribution is 0.0698. The van der Waals surface area contributed by atoms with Crippen molar-refractivity contribution in [2.45, 2.75) is 4.90 Å². The van der Waals surface area contributed by atoms with Crippen LogP contribution in [0.5, 0.6) is 0 Å². The van der Waals surface area contributed by atoms with E-state index in [1.165, 1.54) is 30.3 Å². The molecular formula is C23H16N4O6S. The normalized spacial score (nSPS) is 11.9. The van der Waals surface area contributed by atoms with E-state index in [4.69, 9.17) is 5.90 Å². The highest BCUT2D eigenvalue weighted by molar-refractivity contribution is 7.86. The molecule has 0 aliphatic rings. The molecule has 0 bridgehead atoms. The number of aromatic carboxylic acids is 1. The first-order valence-electron chi connectivity index (χ1n) is 9.61. The number of azo groups is 1. The number of nitrogens with two attached hydrogens (primary N) is 1. The van der Waals surface area contributed by atoms with Crippen LogP contribution < -0.4 is 16.3 Å². The van der Waals surface area contributed by atoms with Crippen LogP contribution in [-0.2, 0) is 14.4 Å². The van der Waals surface area contributed by atoms with Gasteiger partial charge in [-0.25, -0.2) is 4.79 Å². The lowest BCUT2D eigenvalue weighted by Crippen LogP contribution is -2.16. The predicted molar refractivity (Wildman–Crippen MR) is 127 cm³/mol. The molecule has 0 radical (unpaired) electrons. The minimum Gasteiger partial charge on any atom is -0.478 e. The number of carboxylic acids is 1. The molecule has 170 valence electrons. The maximum absolute atomic E-state index is 12.6. The van der Waals surface area contributed by atoms with Gasteiger partial charge < -0.3 is 5.11 Å². The van der Waals surface area contributed by atoms with Crippen molar-refractivity contribution in [2.24, 2.45) is 21.3 Å². The van der Waals surface area contributed by atoms with Gasteiger partial charge in [-0.2, -0.15) is 18.6 Å². The lowest BCUT2D eigenvalue weighted by Gasteiger charge is -2.11. The van der Waals surface area contributed by atoms with E-state index in [1.807, 2.05) is 12.1 Å². The van der Waals surface area contributed by atoms with Crippen LogP contribution in [0.3, 0.4) is 0 Å². The summed E-state index contributed by atoms with van der Waals surface area (Å²) >= 11 is 0. The summed E-state index contributed by atoms with van der Waals surface area (Å²) in [6.07, 6.45) is 0. The summed E-state index contributed by atoms with van der Waals surface area (Å²) in [7, 11) is -4.45. The van der Waals surface area contributed by atoms with Crippen LogP contribution in [-0.4, -0.2) is 19.5 Å². The third-order valence-electron chi connectivity index (χ3n) is 5.34. The Hall–Kier alpha value is -4.32. The van der Waals surface area contributed by atoms with Gasteiger partial charge in [0.2, 0.25) is 0 Å². The molecule has 0 saturated heterocycles. The predicted octanol–water partition coefficient (Wildman–Crippen LogP) is 3.90. The Labute approximate surface area is 192 Å². The smallest absolute Gasteiger partial charge is 0.338 e. The molecule has 4 aromatic rings. The van der Waals surface area contributed by atoms with Crippen LogP contribution in [0.2, 0.25) is 0 Å². The van der Waals surface area contributed by atoms with Crippen molar-refractivity contribution in [3.8, 4) is 0 Å². The van der Waals surface area contributed by atoms with Gasteiger partial charge in [0.05, 0.1) is 5.56 Å². The highest BCUT2D eigenvalue weighted by Gasteiger charge is 2.23. The Kier molecular flexibility index (Phi) is 5.75. The zero-order valence-electron chi connectivity index (χ0n) is 17.4. The van der Waals surface area contributed by atoms with Gasteiger partial charge in [0.15, 0.2) is 0 Å². The molecule has 0 aliphatic heterocycles. The van der Waals surface area contributed by atoms with Crippen LogP contribution in [0.15, 0.2) is 74.9 Å². The molecular weight excluding hydrogens is 460 g/mol. The molecule has 3 N–H and O–H groups in total. The summed E-state index contributed by atoms with van der Waals surface area (Å²) in [6, 6.07) is 13.9. The van der Waals surface area contributed by atoms with Gasteiger partial charge in [-0.1, -0.05) is 49.6 Å². The van der Waals surface area contributed by atoms with Gasteiger partial charge in [0.25, 0.3) is 0 Å². The fourth-order valence-corrected chi connectivity index (χ4v) is 4.47. The van der Waals surface area contributed by atoms with E-state index in [0.717, 1.165) is 5.39 Å². The van der Waals surface area contributed by atoms with Gasteiger partial charge in [-0.15, -0.1) is 15.1 Å². The van der Waals surface area contributed by atoms with E-state index in [0.29, 0.717) is 26.6 Å². The molecule has 0 heterocycles. The molecule has 34 heavy (non-hydrogen) atoms. The minimum atomic E-state index is -4.45. The fourth-order valence-electron chi connectivity index (χ4n) is 3.76. The van der Waals surface area contributed by atoms with Crippen molar-refractivity contribution in [1.29, 1.82) is 0 Å². The van der Waals surface area contributed by atoms with Crippen molar-refractivity contribution < 1.29 is 22.6 Å². The second kappa shape index (κ2) is 8.56. The molecule has 0 spiro atoms. The Bertz CT molecular complexity index is 1750. The Morgan fingerprint density at radius 1 is 0.882 bits per heavy atom. The van der Waals surface area contributed by atoms with Gasteiger partial charge in [-0.05, 0) is 50.0 Å². The van der Waals surface area contributed by atoms with Crippen molar-refractivity contribution >= 4 is 67.9 Å². The first-order chi connectivity index (χ1) is 16.2. The summed E-state index contributed by atoms with van der Waals surface area (Å²) in [5, 5.41) is 23.6. The number of hydrogen-bond acceptors (Lipinski definition) is 9. The first-order valence-corrected chi connectivity index (χ1v) is 11.0. The number of benzene rings is 4. The van der Waals surface area contributed by atoms with Crippen molar-refractivity contribution in [3.05, 3.63) is 75.5 Å². The number of carbonyl (C=O) groups is 1. The van der Waals surface area contributed by atoms with Crippen molar-refractivity contribution in [1.82, 2.24) is 0 Å². The number of carboxylic acid groups (broad SMARTS) is 1. The van der Waals surface area contributed by atoms with Gasteiger partial charge in [-0.3, -0.25) is 0 Å². The average Bonchev–Trinajstić information content (AvgIpc) is 2.84. The van der Waals surface area contributed by atoms with E-state index >= 15 is 0 Å². The van der Waals surface area contributed by atoms with E-state index < -0.39 is 26.7 Å². The number of nitroso groups, excluding NO2 is 1. The van der Waals surface area contributed by atoms with Crippen LogP contribution in [0.4, 0.5) is 17.1 Å². The molecule has 0 aliphatic carbocycles. The summed E-state index contributed by atoms with van der Waals surface area (Å²) in [5.41, 5.74) is -1.19. The summed E-state index contributed by atoms with van der Waals surface area (Å²) in [5.74, 6) is 3.62. The quantitative estimate of drug-likeness (QED) is 0.185. The third-order valence-corrected chi connectivity index (χ3v) is 6.46. The van der Waals surface area contributed by atoms with Crippen LogP contribution in [0.1, 0.15) is 10.4 Å². The van der Waals surface area contributed by atoms with E-state index in [9.17, 15) is 23.2 Å². The number of rotatable bonds is 6. The topological polar surface area (TPSA) is 161 Å². The molecule has 0 aromatic heterocycles. The van der Waals surface area contributed by atoms with Crippen molar-refractivity contribution in [3.63, 3.8) is 0 Å². The number of fused-ring (bicyclic) bond motifs is 2. The molecule has 0 fully saturated rings. The fraction of sp³-hybridized carbons (Fsp3) is 0. The third kappa shape index (κ3) is 3.63. The molecule has 0 unspecified atom stereocenters. The van der Waals surface area contributed by atoms with Gasteiger partial charge in [0, 0.05) is 5.39 Å². The zero-order valence-corrected chi connectivity index (χ0v) is 18.2. The highest BCUT2D eigenvalue weighted by Crippen LogP contribution is 2.36.